The molecule has 0 aromatic heterocycles. The molecule has 3 aliphatic heterocycles. The Hall–Kier alpha value is -2.25. The number of rotatable bonds is 3. The van der Waals surface area contributed by atoms with Crippen molar-refractivity contribution in [1.29, 1.82) is 0 Å². The number of piperidine rings is 3. The third-order valence-corrected chi connectivity index (χ3v) is 7.39. The standard InChI is InChI=1S/C25H30F5N3/c26-18-16-17(19(27)23(22(18)30)31-10-4-1-5-11-31)21(29)25(33-14-8-3-9-15-33)24(20(16)28)32-12-6-2-7-13-32/h1-15H2. The van der Waals surface area contributed by atoms with Crippen molar-refractivity contribution in [1.82, 2.24) is 0 Å². The summed E-state index contributed by atoms with van der Waals surface area (Å²) in [7, 11) is 0. The first-order valence-electron chi connectivity index (χ1n) is 12.3. The number of hydrogen-bond donors (Lipinski definition) is 0. The van der Waals surface area contributed by atoms with E-state index in [1.807, 2.05) is 0 Å². The minimum atomic E-state index is -1.51. The highest BCUT2D eigenvalue weighted by atomic mass is 19.2. The summed E-state index contributed by atoms with van der Waals surface area (Å²) in [6, 6.07) is 0. The van der Waals surface area contributed by atoms with Gasteiger partial charge in [-0.1, -0.05) is 0 Å². The summed E-state index contributed by atoms with van der Waals surface area (Å²) in [5.74, 6) is -6.19. The van der Waals surface area contributed by atoms with Crippen LogP contribution in [0, 0.1) is 29.1 Å². The Bertz CT molecular complexity index is 1040. The van der Waals surface area contributed by atoms with Gasteiger partial charge in [0, 0.05) is 39.3 Å². The van der Waals surface area contributed by atoms with Crippen LogP contribution in [0.1, 0.15) is 57.8 Å². The predicted octanol–water partition coefficient (Wildman–Crippen LogP) is 6.51. The van der Waals surface area contributed by atoms with E-state index in [0.29, 0.717) is 52.1 Å². The van der Waals surface area contributed by atoms with Crippen LogP contribution in [0.5, 0.6) is 0 Å². The van der Waals surface area contributed by atoms with E-state index in [0.717, 1.165) is 44.9 Å². The van der Waals surface area contributed by atoms with Gasteiger partial charge in [0.1, 0.15) is 17.1 Å². The maximum atomic E-state index is 16.2. The van der Waals surface area contributed by atoms with Gasteiger partial charge in [-0.2, -0.15) is 0 Å². The molecule has 0 spiro atoms. The zero-order valence-electron chi connectivity index (χ0n) is 18.8. The van der Waals surface area contributed by atoms with Gasteiger partial charge in [-0.15, -0.1) is 0 Å². The van der Waals surface area contributed by atoms with Crippen LogP contribution >= 0.6 is 0 Å². The van der Waals surface area contributed by atoms with Gasteiger partial charge in [-0.05, 0) is 57.8 Å². The number of hydrogen-bond acceptors (Lipinski definition) is 3. The fourth-order valence-corrected chi connectivity index (χ4v) is 5.71. The Kier molecular flexibility index (Phi) is 6.27. The Balaban J connectivity index is 1.79. The van der Waals surface area contributed by atoms with Crippen LogP contribution in [-0.2, 0) is 0 Å². The van der Waals surface area contributed by atoms with E-state index in [1.165, 1.54) is 4.90 Å². The smallest absolute Gasteiger partial charge is 0.185 e. The zero-order valence-corrected chi connectivity index (χ0v) is 18.8. The summed E-state index contributed by atoms with van der Waals surface area (Å²) < 4.78 is 78.5. The lowest BCUT2D eigenvalue weighted by Crippen LogP contribution is -2.36. The highest BCUT2D eigenvalue weighted by molar-refractivity contribution is 5.97. The minimum absolute atomic E-state index is 0.00361. The van der Waals surface area contributed by atoms with Gasteiger partial charge in [0.2, 0.25) is 0 Å². The molecule has 0 unspecified atom stereocenters. The lowest BCUT2D eigenvalue weighted by Gasteiger charge is -2.37. The molecule has 3 saturated heterocycles. The molecule has 3 aliphatic rings. The fourth-order valence-electron chi connectivity index (χ4n) is 5.71. The van der Waals surface area contributed by atoms with Crippen LogP contribution in [0.25, 0.3) is 10.8 Å². The molecule has 3 fully saturated rings. The minimum Gasteiger partial charge on any atom is -0.367 e. The first-order valence-corrected chi connectivity index (χ1v) is 12.3. The van der Waals surface area contributed by atoms with E-state index in [2.05, 4.69) is 0 Å². The molecule has 33 heavy (non-hydrogen) atoms. The molecule has 0 aliphatic carbocycles. The monoisotopic (exact) mass is 467 g/mol. The summed E-state index contributed by atoms with van der Waals surface area (Å²) in [5, 5.41) is -1.68. The van der Waals surface area contributed by atoms with Gasteiger partial charge in [0.15, 0.2) is 29.1 Å². The van der Waals surface area contributed by atoms with Crippen LogP contribution in [0.4, 0.5) is 39.0 Å². The number of nitrogens with zero attached hydrogens (tertiary/aromatic N) is 3. The van der Waals surface area contributed by atoms with E-state index >= 15 is 22.0 Å². The van der Waals surface area contributed by atoms with Gasteiger partial charge < -0.3 is 14.7 Å². The lowest BCUT2D eigenvalue weighted by molar-refractivity contribution is 0.482. The maximum absolute atomic E-state index is 16.2. The number of halogens is 5. The van der Waals surface area contributed by atoms with Gasteiger partial charge in [-0.3, -0.25) is 0 Å². The van der Waals surface area contributed by atoms with Crippen molar-refractivity contribution in [2.24, 2.45) is 0 Å². The summed E-state index contributed by atoms with van der Waals surface area (Å²) in [6.07, 6.45) is 7.54. The summed E-state index contributed by atoms with van der Waals surface area (Å²) in [6.45, 7) is 2.75. The summed E-state index contributed by atoms with van der Waals surface area (Å²) in [4.78, 5) is 4.90. The van der Waals surface area contributed by atoms with E-state index in [4.69, 9.17) is 0 Å². The highest BCUT2D eigenvalue weighted by Crippen LogP contribution is 2.46. The van der Waals surface area contributed by atoms with Crippen molar-refractivity contribution in [2.75, 3.05) is 54.0 Å². The Labute approximate surface area is 191 Å². The van der Waals surface area contributed by atoms with E-state index < -0.39 is 45.5 Å². The maximum Gasteiger partial charge on any atom is 0.185 e. The average Bonchev–Trinajstić information content (AvgIpc) is 2.85. The molecule has 0 amide bonds. The summed E-state index contributed by atoms with van der Waals surface area (Å²) in [5.41, 5.74) is -0.630. The third-order valence-electron chi connectivity index (χ3n) is 7.39. The molecule has 2 aromatic carbocycles. The second kappa shape index (κ2) is 9.18. The Morgan fingerprint density at radius 1 is 0.333 bits per heavy atom. The van der Waals surface area contributed by atoms with E-state index in [9.17, 15) is 0 Å². The lowest BCUT2D eigenvalue weighted by atomic mass is 9.98. The van der Waals surface area contributed by atoms with Gasteiger partial charge in [0.25, 0.3) is 0 Å². The molecule has 0 atom stereocenters. The molecule has 8 heteroatoms. The van der Waals surface area contributed by atoms with Crippen LogP contribution in [-0.4, -0.2) is 39.3 Å². The second-order valence-corrected chi connectivity index (χ2v) is 9.51. The average molecular weight is 468 g/mol. The summed E-state index contributed by atoms with van der Waals surface area (Å²) >= 11 is 0. The molecule has 2 aromatic rings. The quantitative estimate of drug-likeness (QED) is 0.377. The molecule has 180 valence electrons. The first kappa shape index (κ1) is 22.5. The van der Waals surface area contributed by atoms with Gasteiger partial charge in [-0.25, -0.2) is 22.0 Å². The molecular formula is C25H30F5N3. The number of fused-ring (bicyclic) bond motifs is 1. The number of benzene rings is 2. The topological polar surface area (TPSA) is 9.72 Å². The largest absolute Gasteiger partial charge is 0.367 e. The van der Waals surface area contributed by atoms with E-state index in [-0.39, 0.29) is 11.4 Å². The van der Waals surface area contributed by atoms with Crippen molar-refractivity contribution >= 4 is 27.8 Å². The van der Waals surface area contributed by atoms with Crippen molar-refractivity contribution in [2.45, 2.75) is 57.8 Å². The first-order chi connectivity index (χ1) is 16.0. The zero-order chi connectivity index (χ0) is 23.1. The molecule has 5 rings (SSSR count). The fraction of sp³-hybridized carbons (Fsp3) is 0.600. The van der Waals surface area contributed by atoms with Gasteiger partial charge >= 0.3 is 0 Å². The van der Waals surface area contributed by atoms with E-state index in [1.54, 1.807) is 9.80 Å². The molecular weight excluding hydrogens is 437 g/mol. The van der Waals surface area contributed by atoms with Crippen LogP contribution in [0.3, 0.4) is 0 Å². The molecule has 3 heterocycles. The number of anilines is 3. The van der Waals surface area contributed by atoms with Crippen molar-refractivity contribution in [3.63, 3.8) is 0 Å². The van der Waals surface area contributed by atoms with Crippen LogP contribution < -0.4 is 14.7 Å². The Morgan fingerprint density at radius 3 is 1.03 bits per heavy atom. The highest BCUT2D eigenvalue weighted by Gasteiger charge is 2.35. The normalized spacial score (nSPS) is 20.1. The van der Waals surface area contributed by atoms with Crippen molar-refractivity contribution < 1.29 is 22.0 Å². The third kappa shape index (κ3) is 3.79. The van der Waals surface area contributed by atoms with Crippen LogP contribution in [0.2, 0.25) is 0 Å². The van der Waals surface area contributed by atoms with Crippen molar-refractivity contribution in [3.05, 3.63) is 29.1 Å². The van der Waals surface area contributed by atoms with Crippen molar-refractivity contribution in [3.8, 4) is 0 Å². The predicted molar refractivity (Wildman–Crippen MR) is 122 cm³/mol. The Morgan fingerprint density at radius 2 is 0.636 bits per heavy atom. The molecule has 0 N–H and O–H groups in total. The molecule has 0 saturated carbocycles. The molecule has 0 radical (unpaired) electrons. The second-order valence-electron chi connectivity index (χ2n) is 9.51. The van der Waals surface area contributed by atoms with Crippen LogP contribution in [0.15, 0.2) is 0 Å². The molecule has 3 nitrogen and oxygen atoms in total. The SMILES string of the molecule is Fc1c(N2CCCCC2)c(F)c2c(F)c(N3CCCCC3)c(N3CCCCC3)c(F)c2c1F. The van der Waals surface area contributed by atoms with Gasteiger partial charge in [0.05, 0.1) is 10.8 Å². The molecule has 0 bridgehead atoms.